The Morgan fingerprint density at radius 1 is 1.32 bits per heavy atom. The van der Waals surface area contributed by atoms with Gasteiger partial charge in [0.05, 0.1) is 6.04 Å². The highest BCUT2D eigenvalue weighted by molar-refractivity contribution is 7.12. The van der Waals surface area contributed by atoms with E-state index < -0.39 is 0 Å². The van der Waals surface area contributed by atoms with Crippen molar-refractivity contribution < 1.29 is 0 Å². The minimum absolute atomic E-state index is 0.367. The Labute approximate surface area is 121 Å². The highest BCUT2D eigenvalue weighted by atomic mass is 32.1. The molecule has 3 N–H and O–H groups in total. The molecule has 2 nitrogen and oxygen atoms in total. The summed E-state index contributed by atoms with van der Waals surface area (Å²) in [6.45, 7) is 4.46. The van der Waals surface area contributed by atoms with Crippen molar-refractivity contribution in [3.8, 4) is 0 Å². The minimum atomic E-state index is 0.367. The molecule has 0 bridgehead atoms. The predicted octanol–water partition coefficient (Wildman–Crippen LogP) is 4.56. The first-order valence-electron chi connectivity index (χ1n) is 7.77. The number of thiophene rings is 1. The molecule has 0 aliphatic heterocycles. The van der Waals surface area contributed by atoms with Crippen molar-refractivity contribution in [1.29, 1.82) is 0 Å². The molecule has 2 rings (SSSR count). The van der Waals surface area contributed by atoms with Gasteiger partial charge in [0.15, 0.2) is 0 Å². The van der Waals surface area contributed by atoms with Gasteiger partial charge in [-0.2, -0.15) is 0 Å². The van der Waals surface area contributed by atoms with Crippen molar-refractivity contribution in [3.05, 3.63) is 21.9 Å². The molecule has 1 atom stereocenters. The molecular weight excluding hydrogens is 252 g/mol. The van der Waals surface area contributed by atoms with Gasteiger partial charge in [-0.3, -0.25) is 11.3 Å². The summed E-state index contributed by atoms with van der Waals surface area (Å²) >= 11 is 1.89. The molecule has 1 aliphatic rings. The smallest absolute Gasteiger partial charge is 0.0581 e. The van der Waals surface area contributed by atoms with Crippen LogP contribution >= 0.6 is 11.3 Å². The quantitative estimate of drug-likeness (QED) is 0.592. The first-order chi connectivity index (χ1) is 9.24. The second kappa shape index (κ2) is 7.41. The Hall–Kier alpha value is -0.380. The van der Waals surface area contributed by atoms with Crippen LogP contribution in [0.25, 0.3) is 0 Å². The van der Waals surface area contributed by atoms with Crippen LogP contribution in [0.4, 0.5) is 0 Å². The van der Waals surface area contributed by atoms with E-state index in [2.05, 4.69) is 31.4 Å². The summed E-state index contributed by atoms with van der Waals surface area (Å²) in [6, 6.07) is 4.82. The van der Waals surface area contributed by atoms with E-state index >= 15 is 0 Å². The van der Waals surface area contributed by atoms with E-state index in [9.17, 15) is 0 Å². The molecule has 19 heavy (non-hydrogen) atoms. The molecule has 1 aliphatic carbocycles. The largest absolute Gasteiger partial charge is 0.271 e. The van der Waals surface area contributed by atoms with Crippen LogP contribution < -0.4 is 11.3 Å². The first-order valence-corrected chi connectivity index (χ1v) is 8.58. The van der Waals surface area contributed by atoms with Gasteiger partial charge in [0.1, 0.15) is 0 Å². The van der Waals surface area contributed by atoms with E-state index in [0.717, 1.165) is 11.8 Å². The highest BCUT2D eigenvalue weighted by Gasteiger charge is 2.28. The number of hydrogen-bond donors (Lipinski definition) is 2. The lowest BCUT2D eigenvalue weighted by molar-refractivity contribution is 0.215. The summed E-state index contributed by atoms with van der Waals surface area (Å²) in [5, 5.41) is 0. The van der Waals surface area contributed by atoms with Crippen molar-refractivity contribution in [2.45, 2.75) is 64.8 Å². The van der Waals surface area contributed by atoms with Gasteiger partial charge >= 0.3 is 0 Å². The van der Waals surface area contributed by atoms with Gasteiger partial charge in [-0.15, -0.1) is 11.3 Å². The third kappa shape index (κ3) is 4.04. The van der Waals surface area contributed by atoms with Gasteiger partial charge < -0.3 is 0 Å². The molecule has 1 saturated carbocycles. The van der Waals surface area contributed by atoms with Gasteiger partial charge in [-0.1, -0.05) is 39.0 Å². The number of unbranched alkanes of at least 4 members (excludes halogenated alkanes) is 1. The Morgan fingerprint density at radius 2 is 2.05 bits per heavy atom. The molecule has 1 fully saturated rings. The normalized spacial score (nSPS) is 25.4. The summed E-state index contributed by atoms with van der Waals surface area (Å²) in [6.07, 6.45) is 9.63. The summed E-state index contributed by atoms with van der Waals surface area (Å²) in [5.74, 6) is 7.51. The highest BCUT2D eigenvalue weighted by Crippen LogP contribution is 2.39. The van der Waals surface area contributed by atoms with E-state index in [1.807, 2.05) is 11.3 Å². The van der Waals surface area contributed by atoms with Crippen LogP contribution in [0.1, 0.15) is 67.7 Å². The topological polar surface area (TPSA) is 38.0 Å². The van der Waals surface area contributed by atoms with E-state index in [1.165, 1.54) is 54.7 Å². The zero-order valence-electron chi connectivity index (χ0n) is 12.3. The fourth-order valence-corrected chi connectivity index (χ4v) is 4.41. The van der Waals surface area contributed by atoms with Crippen molar-refractivity contribution in [2.24, 2.45) is 17.7 Å². The van der Waals surface area contributed by atoms with Crippen LogP contribution in [0, 0.1) is 18.8 Å². The standard InChI is InChI=1S/C16H28N2S/c1-3-4-5-13-7-9-14(10-8-13)16(18-17)15-11-6-12(2)19-15/h6,11,13-14,16,18H,3-5,7-10,17H2,1-2H3. The van der Waals surface area contributed by atoms with Crippen LogP contribution in [0.2, 0.25) is 0 Å². The maximum absolute atomic E-state index is 5.82. The lowest BCUT2D eigenvalue weighted by Crippen LogP contribution is -2.34. The van der Waals surface area contributed by atoms with Gasteiger partial charge in [0, 0.05) is 9.75 Å². The Morgan fingerprint density at radius 3 is 2.58 bits per heavy atom. The van der Waals surface area contributed by atoms with Gasteiger partial charge in [0.2, 0.25) is 0 Å². The molecule has 1 heterocycles. The molecule has 0 saturated heterocycles. The van der Waals surface area contributed by atoms with Crippen LogP contribution in [-0.2, 0) is 0 Å². The maximum atomic E-state index is 5.82. The molecule has 3 heteroatoms. The second-order valence-electron chi connectivity index (χ2n) is 6.02. The van der Waals surface area contributed by atoms with Crippen molar-refractivity contribution in [1.82, 2.24) is 5.43 Å². The molecular formula is C16H28N2S. The van der Waals surface area contributed by atoms with Crippen LogP contribution in [0.15, 0.2) is 12.1 Å². The Kier molecular flexibility index (Phi) is 5.86. The molecule has 0 spiro atoms. The SMILES string of the molecule is CCCCC1CCC(C(NN)c2ccc(C)s2)CC1. The van der Waals surface area contributed by atoms with E-state index in [-0.39, 0.29) is 0 Å². The predicted molar refractivity (Wildman–Crippen MR) is 84.1 cm³/mol. The number of nitrogens with one attached hydrogen (secondary N) is 1. The molecule has 1 aromatic rings. The van der Waals surface area contributed by atoms with E-state index in [1.54, 1.807) is 0 Å². The Bertz CT molecular complexity index is 367. The molecule has 108 valence electrons. The average Bonchev–Trinajstić information content (AvgIpc) is 2.85. The molecule has 1 aromatic heterocycles. The van der Waals surface area contributed by atoms with Crippen molar-refractivity contribution in [3.63, 3.8) is 0 Å². The molecule has 0 aromatic carbocycles. The van der Waals surface area contributed by atoms with Crippen LogP contribution in [-0.4, -0.2) is 0 Å². The first kappa shape index (κ1) is 15.0. The summed E-state index contributed by atoms with van der Waals surface area (Å²) in [4.78, 5) is 2.80. The number of aryl methyl sites for hydroxylation is 1. The zero-order valence-corrected chi connectivity index (χ0v) is 13.1. The lowest BCUT2D eigenvalue weighted by Gasteiger charge is -2.33. The summed E-state index contributed by atoms with van der Waals surface area (Å²) < 4.78 is 0. The fraction of sp³-hybridized carbons (Fsp3) is 0.750. The molecule has 0 radical (unpaired) electrons. The number of hydrazine groups is 1. The molecule has 0 amide bonds. The third-order valence-electron chi connectivity index (χ3n) is 4.58. The van der Waals surface area contributed by atoms with Crippen molar-refractivity contribution in [2.75, 3.05) is 0 Å². The third-order valence-corrected chi connectivity index (χ3v) is 5.66. The fourth-order valence-electron chi connectivity index (χ4n) is 3.37. The maximum Gasteiger partial charge on any atom is 0.0581 e. The van der Waals surface area contributed by atoms with Gasteiger partial charge in [-0.05, 0) is 43.7 Å². The summed E-state index contributed by atoms with van der Waals surface area (Å²) in [7, 11) is 0. The van der Waals surface area contributed by atoms with Crippen LogP contribution in [0.5, 0.6) is 0 Å². The second-order valence-corrected chi connectivity index (χ2v) is 7.34. The van der Waals surface area contributed by atoms with E-state index in [4.69, 9.17) is 5.84 Å². The number of nitrogens with two attached hydrogens (primary N) is 1. The minimum Gasteiger partial charge on any atom is -0.271 e. The Balaban J connectivity index is 1.88. The lowest BCUT2D eigenvalue weighted by atomic mass is 9.76. The number of rotatable bonds is 6. The average molecular weight is 280 g/mol. The zero-order chi connectivity index (χ0) is 13.7. The van der Waals surface area contributed by atoms with Crippen molar-refractivity contribution >= 4 is 11.3 Å². The number of hydrogen-bond acceptors (Lipinski definition) is 3. The van der Waals surface area contributed by atoms with Gasteiger partial charge in [-0.25, -0.2) is 0 Å². The van der Waals surface area contributed by atoms with Gasteiger partial charge in [0.25, 0.3) is 0 Å². The monoisotopic (exact) mass is 280 g/mol. The molecule has 1 unspecified atom stereocenters. The summed E-state index contributed by atoms with van der Waals surface area (Å²) in [5.41, 5.74) is 3.07. The van der Waals surface area contributed by atoms with E-state index in [0.29, 0.717) is 6.04 Å². The van der Waals surface area contributed by atoms with Crippen LogP contribution in [0.3, 0.4) is 0 Å².